The predicted octanol–water partition coefficient (Wildman–Crippen LogP) is 3.23. The fourth-order valence-electron chi connectivity index (χ4n) is 3.57. The molecule has 2 N–H and O–H groups in total. The molecule has 2 aromatic rings. The molecule has 1 aliphatic rings. The van der Waals surface area contributed by atoms with Crippen LogP contribution < -0.4 is 10.2 Å². The van der Waals surface area contributed by atoms with E-state index in [4.69, 9.17) is 0 Å². The number of benzene rings is 1. The molecule has 25 heavy (non-hydrogen) atoms. The highest BCUT2D eigenvalue weighted by Gasteiger charge is 2.16. The molecule has 5 heteroatoms. The summed E-state index contributed by atoms with van der Waals surface area (Å²) < 4.78 is 0. The van der Waals surface area contributed by atoms with E-state index >= 15 is 0 Å². The number of carbonyl (C=O) groups excluding carboxylic acids is 1. The summed E-state index contributed by atoms with van der Waals surface area (Å²) in [7, 11) is 4.03. The molecule has 1 atom stereocenters. The number of carbonyl (C=O) groups is 1. The van der Waals surface area contributed by atoms with Crippen LogP contribution in [0.4, 0.5) is 5.69 Å². The molecule has 1 fully saturated rings. The number of amides is 1. The van der Waals surface area contributed by atoms with Crippen molar-refractivity contribution < 1.29 is 4.79 Å². The highest BCUT2D eigenvalue weighted by atomic mass is 16.1. The summed E-state index contributed by atoms with van der Waals surface area (Å²) in [4.78, 5) is 20.4. The monoisotopic (exact) mass is 342 g/mol. The topological polar surface area (TPSA) is 51.4 Å². The molecule has 0 saturated carbocycles. The molecule has 2 heterocycles. The van der Waals surface area contributed by atoms with E-state index in [9.17, 15) is 4.79 Å². The smallest absolute Gasteiger partial charge is 0.267 e. The van der Waals surface area contributed by atoms with Gasteiger partial charge in [0.05, 0.1) is 0 Å². The van der Waals surface area contributed by atoms with Gasteiger partial charge in [-0.2, -0.15) is 0 Å². The summed E-state index contributed by atoms with van der Waals surface area (Å²) in [6, 6.07) is 8.28. The third kappa shape index (κ3) is 4.54. The Kier molecular flexibility index (Phi) is 5.63. The maximum atomic E-state index is 12.6. The summed E-state index contributed by atoms with van der Waals surface area (Å²) in [6.07, 6.45) is 5.22. The standard InChI is InChI=1S/C20H30N4O/c1-15(14-24-10-6-4-5-7-11-24)21-20(25)19-12-16-8-9-17(23(2)3)13-18(16)22-19/h8-9,12-13,15,22H,4-7,10-11,14H2,1-3H3,(H,21,25). The molecule has 1 aliphatic heterocycles. The number of hydrogen-bond acceptors (Lipinski definition) is 3. The van der Waals surface area contributed by atoms with Crippen molar-refractivity contribution in [1.29, 1.82) is 0 Å². The summed E-state index contributed by atoms with van der Waals surface area (Å²) >= 11 is 0. The Balaban J connectivity index is 1.63. The summed E-state index contributed by atoms with van der Waals surface area (Å²) in [5, 5.41) is 4.21. The summed E-state index contributed by atoms with van der Waals surface area (Å²) in [5.41, 5.74) is 2.75. The van der Waals surface area contributed by atoms with Gasteiger partial charge in [-0.25, -0.2) is 0 Å². The Bertz CT molecular complexity index is 714. The first-order chi connectivity index (χ1) is 12.0. The van der Waals surface area contributed by atoms with E-state index < -0.39 is 0 Å². The first kappa shape index (κ1) is 17.8. The summed E-state index contributed by atoms with van der Waals surface area (Å²) in [5.74, 6) is -0.0232. The molecule has 1 unspecified atom stereocenters. The molecule has 136 valence electrons. The van der Waals surface area contributed by atoms with Crippen molar-refractivity contribution in [3.8, 4) is 0 Å². The maximum absolute atomic E-state index is 12.6. The zero-order valence-electron chi connectivity index (χ0n) is 15.6. The molecule has 5 nitrogen and oxygen atoms in total. The number of anilines is 1. The molecular weight excluding hydrogens is 312 g/mol. The normalized spacial score (nSPS) is 17.2. The second kappa shape index (κ2) is 7.91. The van der Waals surface area contributed by atoms with Crippen molar-refractivity contribution >= 4 is 22.5 Å². The first-order valence-electron chi connectivity index (χ1n) is 9.36. The van der Waals surface area contributed by atoms with Crippen molar-refractivity contribution in [2.24, 2.45) is 0 Å². The minimum absolute atomic E-state index is 0.0232. The third-order valence-electron chi connectivity index (χ3n) is 4.98. The average molecular weight is 342 g/mol. The van der Waals surface area contributed by atoms with Crippen LogP contribution in [0.3, 0.4) is 0 Å². The number of hydrogen-bond donors (Lipinski definition) is 2. The lowest BCUT2D eigenvalue weighted by atomic mass is 10.2. The Morgan fingerprint density at radius 2 is 1.92 bits per heavy atom. The molecule has 0 bridgehead atoms. The van der Waals surface area contributed by atoms with Crippen molar-refractivity contribution in [1.82, 2.24) is 15.2 Å². The molecule has 0 aliphatic carbocycles. The lowest BCUT2D eigenvalue weighted by Crippen LogP contribution is -2.42. The molecule has 1 saturated heterocycles. The van der Waals surface area contributed by atoms with Crippen LogP contribution in [0, 0.1) is 0 Å². The van der Waals surface area contributed by atoms with Crippen molar-refractivity contribution in [2.45, 2.75) is 38.6 Å². The minimum atomic E-state index is -0.0232. The van der Waals surface area contributed by atoms with E-state index in [-0.39, 0.29) is 11.9 Å². The highest BCUT2D eigenvalue weighted by molar-refractivity contribution is 5.98. The lowest BCUT2D eigenvalue weighted by Gasteiger charge is -2.24. The number of aromatic nitrogens is 1. The second-order valence-electron chi connectivity index (χ2n) is 7.44. The Morgan fingerprint density at radius 1 is 1.20 bits per heavy atom. The van der Waals surface area contributed by atoms with Gasteiger partial charge in [0.1, 0.15) is 5.69 Å². The number of fused-ring (bicyclic) bond motifs is 1. The van der Waals surface area contributed by atoms with E-state index in [0.717, 1.165) is 36.2 Å². The first-order valence-corrected chi connectivity index (χ1v) is 9.36. The van der Waals surface area contributed by atoms with Crippen LogP contribution in [0.25, 0.3) is 10.9 Å². The van der Waals surface area contributed by atoms with Gasteiger partial charge in [-0.3, -0.25) is 4.79 Å². The SMILES string of the molecule is CC(CN1CCCCCC1)NC(=O)c1cc2ccc(N(C)C)cc2[nH]1. The van der Waals surface area contributed by atoms with Crippen LogP contribution in [-0.2, 0) is 0 Å². The number of nitrogens with one attached hydrogen (secondary N) is 2. The molecule has 0 spiro atoms. The van der Waals surface area contributed by atoms with Crippen LogP contribution >= 0.6 is 0 Å². The van der Waals surface area contributed by atoms with Gasteiger partial charge in [-0.1, -0.05) is 18.9 Å². The largest absolute Gasteiger partial charge is 0.378 e. The fourth-order valence-corrected chi connectivity index (χ4v) is 3.57. The number of rotatable bonds is 5. The van der Waals surface area contributed by atoms with Crippen LogP contribution in [0.5, 0.6) is 0 Å². The van der Waals surface area contributed by atoms with Crippen molar-refractivity contribution in [3.63, 3.8) is 0 Å². The zero-order valence-corrected chi connectivity index (χ0v) is 15.6. The Hall–Kier alpha value is -2.01. The van der Waals surface area contributed by atoms with Crippen LogP contribution in [0.1, 0.15) is 43.1 Å². The fraction of sp³-hybridized carbons (Fsp3) is 0.550. The molecule has 3 rings (SSSR count). The lowest BCUT2D eigenvalue weighted by molar-refractivity contribution is 0.0925. The highest BCUT2D eigenvalue weighted by Crippen LogP contribution is 2.21. The van der Waals surface area contributed by atoms with Gasteiger partial charge >= 0.3 is 0 Å². The average Bonchev–Trinajstić information content (AvgIpc) is 2.84. The van der Waals surface area contributed by atoms with Gasteiger partial charge in [0.25, 0.3) is 5.91 Å². The molecule has 1 amide bonds. The Labute approximate surface area is 150 Å². The zero-order chi connectivity index (χ0) is 17.8. The molecule has 0 radical (unpaired) electrons. The van der Waals surface area contributed by atoms with E-state index in [1.807, 2.05) is 20.2 Å². The van der Waals surface area contributed by atoms with Crippen molar-refractivity contribution in [3.05, 3.63) is 30.0 Å². The predicted molar refractivity (Wildman–Crippen MR) is 104 cm³/mol. The maximum Gasteiger partial charge on any atom is 0.267 e. The number of aromatic amines is 1. The number of likely N-dealkylation sites (tertiary alicyclic amines) is 1. The van der Waals surface area contributed by atoms with E-state index in [1.54, 1.807) is 0 Å². The third-order valence-corrected chi connectivity index (χ3v) is 4.98. The van der Waals surface area contributed by atoms with Crippen molar-refractivity contribution in [2.75, 3.05) is 38.6 Å². The second-order valence-corrected chi connectivity index (χ2v) is 7.44. The Morgan fingerprint density at radius 3 is 2.60 bits per heavy atom. The molecule has 1 aromatic carbocycles. The molecular formula is C20H30N4O. The van der Waals surface area contributed by atoms with E-state index in [1.165, 1.54) is 25.7 Å². The van der Waals surface area contributed by atoms with Gasteiger partial charge in [0.2, 0.25) is 0 Å². The molecule has 1 aromatic heterocycles. The minimum Gasteiger partial charge on any atom is -0.378 e. The van der Waals surface area contributed by atoms with Gasteiger partial charge in [0.15, 0.2) is 0 Å². The quantitative estimate of drug-likeness (QED) is 0.877. The number of nitrogens with zero attached hydrogens (tertiary/aromatic N) is 2. The van der Waals surface area contributed by atoms with Gasteiger partial charge < -0.3 is 20.1 Å². The van der Waals surface area contributed by atoms with Gasteiger partial charge in [-0.05, 0) is 51.1 Å². The van der Waals surface area contributed by atoms with Crippen LogP contribution in [0.2, 0.25) is 0 Å². The number of H-pyrrole nitrogens is 1. The van der Waals surface area contributed by atoms with Crippen LogP contribution in [-0.4, -0.2) is 55.6 Å². The van der Waals surface area contributed by atoms with Gasteiger partial charge in [-0.15, -0.1) is 0 Å². The van der Waals surface area contributed by atoms with Gasteiger partial charge in [0, 0.05) is 43.3 Å². The summed E-state index contributed by atoms with van der Waals surface area (Å²) in [6.45, 7) is 5.33. The van der Waals surface area contributed by atoms with Crippen LogP contribution in [0.15, 0.2) is 24.3 Å². The van der Waals surface area contributed by atoms with E-state index in [2.05, 4.69) is 45.2 Å². The van der Waals surface area contributed by atoms with E-state index in [0.29, 0.717) is 5.69 Å².